The van der Waals surface area contributed by atoms with E-state index in [4.69, 9.17) is 4.74 Å². The van der Waals surface area contributed by atoms with Gasteiger partial charge in [-0.2, -0.15) is 0 Å². The fraction of sp³-hybridized carbons (Fsp3) is 0.0357. The number of ether oxygens (including phenoxy) is 1. The van der Waals surface area contributed by atoms with E-state index in [0.717, 1.165) is 10.8 Å². The third-order valence-corrected chi connectivity index (χ3v) is 5.33. The molecule has 0 fully saturated rings. The molecule has 0 unspecified atom stereocenters. The van der Waals surface area contributed by atoms with Gasteiger partial charge in [0.1, 0.15) is 11.4 Å². The van der Waals surface area contributed by atoms with Crippen molar-refractivity contribution in [2.24, 2.45) is 0 Å². The zero-order valence-electron chi connectivity index (χ0n) is 18.8. The molecule has 0 saturated heterocycles. The molecule has 0 aliphatic carbocycles. The van der Waals surface area contributed by atoms with Crippen LogP contribution < -0.4 is 15.4 Å². The molecule has 4 aromatic rings. The van der Waals surface area contributed by atoms with E-state index in [9.17, 15) is 19.5 Å². The van der Waals surface area contributed by atoms with Crippen LogP contribution in [0.2, 0.25) is 0 Å². The molecular formula is C28H22N2O5. The largest absolute Gasteiger partial charge is 0.495 e. The monoisotopic (exact) mass is 466 g/mol. The molecule has 0 aliphatic heterocycles. The van der Waals surface area contributed by atoms with Crippen LogP contribution in [0, 0.1) is 0 Å². The minimum Gasteiger partial charge on any atom is -0.495 e. The molecule has 7 nitrogen and oxygen atoms in total. The molecule has 35 heavy (non-hydrogen) atoms. The summed E-state index contributed by atoms with van der Waals surface area (Å²) in [6, 6.07) is 26.0. The Morgan fingerprint density at radius 3 is 2.31 bits per heavy atom. The van der Waals surface area contributed by atoms with Gasteiger partial charge in [-0.05, 0) is 46.7 Å². The lowest BCUT2D eigenvalue weighted by Gasteiger charge is -2.14. The summed E-state index contributed by atoms with van der Waals surface area (Å²) in [4.78, 5) is 37.9. The van der Waals surface area contributed by atoms with Crippen LogP contribution in [-0.2, 0) is 4.79 Å². The van der Waals surface area contributed by atoms with Crippen LogP contribution in [0.4, 0.5) is 5.69 Å². The number of anilines is 1. The first-order valence-corrected chi connectivity index (χ1v) is 10.7. The number of hydrogen-bond acceptors (Lipinski definition) is 4. The first-order chi connectivity index (χ1) is 17.0. The molecule has 0 bridgehead atoms. The van der Waals surface area contributed by atoms with Gasteiger partial charge in [-0.1, -0.05) is 66.7 Å². The van der Waals surface area contributed by atoms with E-state index in [1.807, 2.05) is 48.5 Å². The highest BCUT2D eigenvalue weighted by molar-refractivity contribution is 6.14. The average Bonchev–Trinajstić information content (AvgIpc) is 2.88. The number of carbonyl (C=O) groups is 3. The maximum atomic E-state index is 13.3. The van der Waals surface area contributed by atoms with Gasteiger partial charge in [-0.3, -0.25) is 9.59 Å². The first-order valence-electron chi connectivity index (χ1n) is 10.7. The number of benzene rings is 4. The number of nitrogens with one attached hydrogen (secondary N) is 2. The van der Waals surface area contributed by atoms with Gasteiger partial charge in [0, 0.05) is 5.56 Å². The summed E-state index contributed by atoms with van der Waals surface area (Å²) in [7, 11) is 1.41. The molecule has 0 aromatic heterocycles. The topological polar surface area (TPSA) is 105 Å². The SMILES string of the molecule is COc1ccc(C(=O)O)cc1NC(=O)/C(=C/c1ccccc1)NC(=O)c1cccc2ccccc12. The van der Waals surface area contributed by atoms with Gasteiger partial charge in [0.15, 0.2) is 0 Å². The van der Waals surface area contributed by atoms with Crippen molar-refractivity contribution in [2.45, 2.75) is 0 Å². The van der Waals surface area contributed by atoms with E-state index in [2.05, 4.69) is 10.6 Å². The second kappa shape index (κ2) is 10.4. The van der Waals surface area contributed by atoms with Gasteiger partial charge in [0.25, 0.3) is 11.8 Å². The molecule has 4 rings (SSSR count). The highest BCUT2D eigenvalue weighted by Crippen LogP contribution is 2.26. The summed E-state index contributed by atoms with van der Waals surface area (Å²) in [6.45, 7) is 0. The quantitative estimate of drug-likeness (QED) is 0.334. The molecule has 2 amide bonds. The summed E-state index contributed by atoms with van der Waals surface area (Å²) in [6.07, 6.45) is 1.55. The number of rotatable bonds is 7. The van der Waals surface area contributed by atoms with Crippen molar-refractivity contribution < 1.29 is 24.2 Å². The van der Waals surface area contributed by atoms with Crippen LogP contribution in [0.15, 0.2) is 96.7 Å². The van der Waals surface area contributed by atoms with Crippen LogP contribution in [0.25, 0.3) is 16.8 Å². The normalized spacial score (nSPS) is 11.1. The number of carbonyl (C=O) groups excluding carboxylic acids is 2. The molecule has 0 atom stereocenters. The second-order valence-corrected chi connectivity index (χ2v) is 7.62. The zero-order chi connectivity index (χ0) is 24.8. The molecule has 7 heteroatoms. The second-order valence-electron chi connectivity index (χ2n) is 7.62. The lowest BCUT2D eigenvalue weighted by atomic mass is 10.0. The maximum absolute atomic E-state index is 13.3. The fourth-order valence-electron chi connectivity index (χ4n) is 3.62. The number of fused-ring (bicyclic) bond motifs is 1. The standard InChI is InChI=1S/C28H22N2O5/c1-35-25-15-14-20(28(33)34)17-23(25)29-27(32)24(16-18-8-3-2-4-9-18)30-26(31)22-13-7-11-19-10-5-6-12-21(19)22/h2-17H,1H3,(H,29,32)(H,30,31)(H,33,34)/b24-16-. The van der Waals surface area contributed by atoms with Crippen molar-refractivity contribution in [3.8, 4) is 5.75 Å². The van der Waals surface area contributed by atoms with Gasteiger partial charge in [-0.25, -0.2) is 4.79 Å². The summed E-state index contributed by atoms with van der Waals surface area (Å²) >= 11 is 0. The van der Waals surface area contributed by atoms with Gasteiger partial charge < -0.3 is 20.5 Å². The molecule has 0 radical (unpaired) electrons. The molecule has 0 spiro atoms. The molecular weight excluding hydrogens is 444 g/mol. The predicted molar refractivity (Wildman–Crippen MR) is 134 cm³/mol. The number of aromatic carboxylic acids is 1. The Labute approximate surface area is 201 Å². The highest BCUT2D eigenvalue weighted by Gasteiger charge is 2.19. The van der Waals surface area contributed by atoms with Crippen LogP contribution in [0.1, 0.15) is 26.3 Å². The average molecular weight is 466 g/mol. The Hall–Kier alpha value is -4.91. The highest BCUT2D eigenvalue weighted by atomic mass is 16.5. The van der Waals surface area contributed by atoms with Crippen molar-refractivity contribution >= 4 is 40.3 Å². The number of hydrogen-bond donors (Lipinski definition) is 3. The Balaban J connectivity index is 1.69. The number of methoxy groups -OCH3 is 1. The molecule has 174 valence electrons. The smallest absolute Gasteiger partial charge is 0.335 e. The summed E-state index contributed by atoms with van der Waals surface area (Å²) in [5.74, 6) is -1.95. The fourth-order valence-corrected chi connectivity index (χ4v) is 3.62. The minimum atomic E-state index is -1.15. The van der Waals surface area contributed by atoms with Crippen molar-refractivity contribution in [2.75, 3.05) is 12.4 Å². The van der Waals surface area contributed by atoms with Gasteiger partial charge in [-0.15, -0.1) is 0 Å². The number of carboxylic acids is 1. The number of carboxylic acid groups (broad SMARTS) is 1. The number of amides is 2. The minimum absolute atomic E-state index is 0.0167. The zero-order valence-corrected chi connectivity index (χ0v) is 18.8. The van der Waals surface area contributed by atoms with Crippen LogP contribution in [0.3, 0.4) is 0 Å². The van der Waals surface area contributed by atoms with Gasteiger partial charge in [0.2, 0.25) is 0 Å². The van der Waals surface area contributed by atoms with Crippen molar-refractivity contribution in [3.05, 3.63) is 113 Å². The van der Waals surface area contributed by atoms with E-state index >= 15 is 0 Å². The van der Waals surface area contributed by atoms with Gasteiger partial charge in [0.05, 0.1) is 18.4 Å². The third kappa shape index (κ3) is 5.36. The summed E-state index contributed by atoms with van der Waals surface area (Å²) < 4.78 is 5.26. The lowest BCUT2D eigenvalue weighted by Crippen LogP contribution is -2.31. The molecule has 0 heterocycles. The summed E-state index contributed by atoms with van der Waals surface area (Å²) in [5, 5.41) is 16.4. The molecule has 4 aromatic carbocycles. The first kappa shape index (κ1) is 23.3. The Kier molecular flexibility index (Phi) is 6.88. The molecule has 3 N–H and O–H groups in total. The van der Waals surface area contributed by atoms with Crippen LogP contribution in [0.5, 0.6) is 5.75 Å². The van der Waals surface area contributed by atoms with Crippen molar-refractivity contribution in [1.82, 2.24) is 5.32 Å². The Morgan fingerprint density at radius 1 is 0.857 bits per heavy atom. The van der Waals surface area contributed by atoms with E-state index in [1.165, 1.54) is 25.3 Å². The van der Waals surface area contributed by atoms with Crippen LogP contribution >= 0.6 is 0 Å². The van der Waals surface area contributed by atoms with E-state index in [1.54, 1.807) is 30.3 Å². The van der Waals surface area contributed by atoms with Gasteiger partial charge >= 0.3 is 5.97 Å². The summed E-state index contributed by atoms with van der Waals surface area (Å²) in [5.41, 5.74) is 1.24. The molecule has 0 saturated carbocycles. The maximum Gasteiger partial charge on any atom is 0.335 e. The van der Waals surface area contributed by atoms with Crippen molar-refractivity contribution in [1.29, 1.82) is 0 Å². The third-order valence-electron chi connectivity index (χ3n) is 5.33. The Morgan fingerprint density at radius 2 is 1.57 bits per heavy atom. The van der Waals surface area contributed by atoms with E-state index < -0.39 is 17.8 Å². The van der Waals surface area contributed by atoms with Crippen molar-refractivity contribution in [3.63, 3.8) is 0 Å². The van der Waals surface area contributed by atoms with E-state index in [0.29, 0.717) is 11.1 Å². The van der Waals surface area contributed by atoms with Crippen LogP contribution in [-0.4, -0.2) is 30.0 Å². The molecule has 0 aliphatic rings. The predicted octanol–water partition coefficient (Wildman–Crippen LogP) is 4.96. The lowest BCUT2D eigenvalue weighted by molar-refractivity contribution is -0.113. The Bertz CT molecular complexity index is 1440. The van der Waals surface area contributed by atoms with E-state index in [-0.39, 0.29) is 22.7 Å².